The Morgan fingerprint density at radius 3 is 2.93 bits per heavy atom. The highest BCUT2D eigenvalue weighted by molar-refractivity contribution is 7.13. The van der Waals surface area contributed by atoms with Gasteiger partial charge in [0.25, 0.3) is 0 Å². The largest absolute Gasteiger partial charge is 0.440 e. The van der Waals surface area contributed by atoms with Crippen molar-refractivity contribution in [2.24, 2.45) is 0 Å². The molecule has 1 saturated heterocycles. The van der Waals surface area contributed by atoms with Gasteiger partial charge >= 0.3 is 0 Å². The van der Waals surface area contributed by atoms with Gasteiger partial charge in [-0.3, -0.25) is 9.80 Å². The predicted molar refractivity (Wildman–Crippen MR) is 110 cm³/mol. The number of piperazine rings is 1. The second-order valence-electron chi connectivity index (χ2n) is 7.00. The van der Waals surface area contributed by atoms with Crippen LogP contribution >= 0.6 is 22.7 Å². The Morgan fingerprint density at radius 1 is 1.26 bits per heavy atom. The van der Waals surface area contributed by atoms with Crippen LogP contribution in [0, 0.1) is 6.92 Å². The van der Waals surface area contributed by atoms with Crippen LogP contribution in [0.15, 0.2) is 38.8 Å². The maximum Gasteiger partial charge on any atom is 0.236 e. The molecule has 0 bridgehead atoms. The van der Waals surface area contributed by atoms with E-state index in [0.29, 0.717) is 6.04 Å². The van der Waals surface area contributed by atoms with Crippen molar-refractivity contribution in [1.82, 2.24) is 14.8 Å². The number of oxazole rings is 1. The molecule has 1 aliphatic heterocycles. The minimum atomic E-state index is 0.226. The van der Waals surface area contributed by atoms with E-state index in [1.54, 1.807) is 22.7 Å². The van der Waals surface area contributed by atoms with Gasteiger partial charge in [0.05, 0.1) is 10.6 Å². The summed E-state index contributed by atoms with van der Waals surface area (Å²) in [5.74, 6) is 1.62. The second-order valence-corrected chi connectivity index (χ2v) is 8.73. The molecule has 4 heterocycles. The van der Waals surface area contributed by atoms with Gasteiger partial charge in [-0.2, -0.15) is 11.3 Å². The topological polar surface area (TPSA) is 52.7 Å². The summed E-state index contributed by atoms with van der Waals surface area (Å²) in [6, 6.07) is 6.62. The summed E-state index contributed by atoms with van der Waals surface area (Å²) >= 11 is 3.39. The molecule has 0 amide bonds. The van der Waals surface area contributed by atoms with Crippen molar-refractivity contribution in [2.75, 3.05) is 26.2 Å². The van der Waals surface area contributed by atoms with Crippen molar-refractivity contribution in [1.29, 1.82) is 0 Å². The third-order valence-corrected chi connectivity index (χ3v) is 6.70. The van der Waals surface area contributed by atoms with E-state index in [-0.39, 0.29) is 6.61 Å². The molecule has 4 rings (SSSR count). The van der Waals surface area contributed by atoms with Crippen molar-refractivity contribution >= 4 is 22.7 Å². The molecule has 0 radical (unpaired) electrons. The van der Waals surface area contributed by atoms with E-state index in [0.717, 1.165) is 61.4 Å². The summed E-state index contributed by atoms with van der Waals surface area (Å²) in [6.07, 6.45) is 0.804. The highest BCUT2D eigenvalue weighted by Gasteiger charge is 2.28. The molecule has 0 saturated carbocycles. The molecule has 1 atom stereocenters. The third kappa shape index (κ3) is 4.50. The fourth-order valence-electron chi connectivity index (χ4n) is 3.64. The zero-order valence-corrected chi connectivity index (χ0v) is 17.1. The molecule has 1 aliphatic rings. The van der Waals surface area contributed by atoms with E-state index in [9.17, 15) is 5.11 Å². The molecule has 5 nitrogen and oxygen atoms in total. The van der Waals surface area contributed by atoms with Gasteiger partial charge in [-0.15, -0.1) is 11.3 Å². The van der Waals surface area contributed by atoms with Crippen LogP contribution in [0.4, 0.5) is 0 Å². The lowest BCUT2D eigenvalue weighted by molar-refractivity contribution is 0.0493. The van der Waals surface area contributed by atoms with Crippen LogP contribution in [0.2, 0.25) is 0 Å². The summed E-state index contributed by atoms with van der Waals surface area (Å²) in [6.45, 7) is 6.96. The molecular weight excluding hydrogens is 378 g/mol. The Kier molecular flexibility index (Phi) is 6.04. The Balaban J connectivity index is 1.41. The Bertz CT molecular complexity index is 830. The number of aryl methyl sites for hydroxylation is 1. The van der Waals surface area contributed by atoms with Gasteiger partial charge in [0, 0.05) is 45.4 Å². The Morgan fingerprint density at radius 2 is 2.19 bits per heavy atom. The monoisotopic (exact) mass is 403 g/mol. The molecule has 1 unspecified atom stereocenters. The van der Waals surface area contributed by atoms with Crippen LogP contribution in [-0.2, 0) is 13.1 Å². The van der Waals surface area contributed by atoms with Crippen molar-refractivity contribution in [2.45, 2.75) is 32.5 Å². The number of rotatable bonds is 7. The van der Waals surface area contributed by atoms with Gasteiger partial charge in [-0.1, -0.05) is 6.07 Å². The van der Waals surface area contributed by atoms with E-state index in [1.807, 2.05) is 24.4 Å². The summed E-state index contributed by atoms with van der Waals surface area (Å²) in [5, 5.41) is 15.9. The molecule has 1 N–H and O–H groups in total. The molecule has 144 valence electrons. The first-order chi connectivity index (χ1) is 13.2. The normalized spacial score (nSPS) is 19.0. The first kappa shape index (κ1) is 18.8. The van der Waals surface area contributed by atoms with Gasteiger partial charge in [-0.25, -0.2) is 4.98 Å². The molecular formula is C20H25N3O2S2. The zero-order valence-electron chi connectivity index (χ0n) is 15.5. The maximum atomic E-state index is 9.52. The number of hydrogen-bond acceptors (Lipinski definition) is 7. The Labute approximate surface area is 167 Å². The summed E-state index contributed by atoms with van der Waals surface area (Å²) in [5.41, 5.74) is 2.39. The number of aliphatic hydroxyl groups excluding tert-OH is 1. The number of nitrogens with zero attached hydrogens (tertiary/aromatic N) is 3. The number of aromatic nitrogens is 1. The fraction of sp³-hybridized carbons (Fsp3) is 0.450. The molecule has 3 aromatic heterocycles. The summed E-state index contributed by atoms with van der Waals surface area (Å²) in [7, 11) is 0. The van der Waals surface area contributed by atoms with Crippen LogP contribution in [0.1, 0.15) is 23.4 Å². The molecule has 27 heavy (non-hydrogen) atoms. The minimum absolute atomic E-state index is 0.226. The van der Waals surface area contributed by atoms with Crippen LogP contribution in [0.5, 0.6) is 0 Å². The minimum Gasteiger partial charge on any atom is -0.440 e. The predicted octanol–water partition coefficient (Wildman–Crippen LogP) is 3.84. The van der Waals surface area contributed by atoms with Crippen molar-refractivity contribution in [3.05, 3.63) is 51.4 Å². The second kappa shape index (κ2) is 8.67. The average Bonchev–Trinajstić information content (AvgIpc) is 3.41. The first-order valence-electron chi connectivity index (χ1n) is 9.31. The SMILES string of the molecule is Cc1oc(-c2cccs2)nc1CN1CCN(Cc2ccsc2)C(CCO)C1. The average molecular weight is 404 g/mol. The summed E-state index contributed by atoms with van der Waals surface area (Å²) in [4.78, 5) is 10.7. The van der Waals surface area contributed by atoms with E-state index < -0.39 is 0 Å². The van der Waals surface area contributed by atoms with Gasteiger partial charge < -0.3 is 9.52 Å². The third-order valence-electron chi connectivity index (χ3n) is 5.11. The van der Waals surface area contributed by atoms with Crippen molar-refractivity contribution in [3.63, 3.8) is 0 Å². The highest BCUT2D eigenvalue weighted by Crippen LogP contribution is 2.27. The van der Waals surface area contributed by atoms with Gasteiger partial charge in [0.1, 0.15) is 5.76 Å². The maximum absolute atomic E-state index is 9.52. The lowest BCUT2D eigenvalue weighted by Crippen LogP contribution is -2.52. The first-order valence-corrected chi connectivity index (χ1v) is 11.1. The standard InChI is InChI=1S/C20H25N3O2S2/c1-15-18(21-20(25-15)19-3-2-9-27-19)13-22-6-7-23(17(12-22)4-8-24)11-16-5-10-26-14-16/h2-3,5,9-10,14,17,24H,4,6-8,11-13H2,1H3. The van der Waals surface area contributed by atoms with E-state index in [4.69, 9.17) is 9.40 Å². The molecule has 7 heteroatoms. The van der Waals surface area contributed by atoms with E-state index in [2.05, 4.69) is 26.6 Å². The number of hydrogen-bond donors (Lipinski definition) is 1. The van der Waals surface area contributed by atoms with Crippen LogP contribution in [0.3, 0.4) is 0 Å². The van der Waals surface area contributed by atoms with E-state index >= 15 is 0 Å². The van der Waals surface area contributed by atoms with E-state index in [1.165, 1.54) is 5.56 Å². The quantitative estimate of drug-likeness (QED) is 0.650. The number of aliphatic hydroxyl groups is 1. The lowest BCUT2D eigenvalue weighted by atomic mass is 10.1. The lowest BCUT2D eigenvalue weighted by Gasteiger charge is -2.41. The van der Waals surface area contributed by atoms with Crippen LogP contribution in [0.25, 0.3) is 10.8 Å². The highest BCUT2D eigenvalue weighted by atomic mass is 32.1. The zero-order chi connectivity index (χ0) is 18.6. The molecule has 3 aromatic rings. The Hall–Kier alpha value is -1.51. The van der Waals surface area contributed by atoms with Crippen LogP contribution in [-0.4, -0.2) is 52.2 Å². The molecule has 0 aliphatic carbocycles. The number of thiophene rings is 2. The van der Waals surface area contributed by atoms with Gasteiger partial charge in [0.2, 0.25) is 5.89 Å². The van der Waals surface area contributed by atoms with Crippen molar-refractivity contribution < 1.29 is 9.52 Å². The molecule has 0 aromatic carbocycles. The molecule has 0 spiro atoms. The smallest absolute Gasteiger partial charge is 0.236 e. The fourth-order valence-corrected chi connectivity index (χ4v) is 4.95. The van der Waals surface area contributed by atoms with Gasteiger partial charge in [-0.05, 0) is 47.2 Å². The summed E-state index contributed by atoms with van der Waals surface area (Å²) < 4.78 is 5.89. The van der Waals surface area contributed by atoms with Crippen molar-refractivity contribution in [3.8, 4) is 10.8 Å². The molecule has 1 fully saturated rings. The van der Waals surface area contributed by atoms with Crippen LogP contribution < -0.4 is 0 Å². The van der Waals surface area contributed by atoms with Gasteiger partial charge in [0.15, 0.2) is 0 Å².